The van der Waals surface area contributed by atoms with Gasteiger partial charge in [-0.3, -0.25) is 9.10 Å². The van der Waals surface area contributed by atoms with Gasteiger partial charge < -0.3 is 5.32 Å². The highest BCUT2D eigenvalue weighted by Crippen LogP contribution is 2.35. The molecule has 0 aliphatic carbocycles. The number of benzene rings is 1. The molecule has 5 nitrogen and oxygen atoms in total. The molecule has 1 aliphatic heterocycles. The Morgan fingerprint density at radius 1 is 1.35 bits per heavy atom. The van der Waals surface area contributed by atoms with Gasteiger partial charge in [-0.15, -0.1) is 11.3 Å². The van der Waals surface area contributed by atoms with Crippen LogP contribution in [0, 0.1) is 5.82 Å². The Labute approximate surface area is 137 Å². The molecular weight excluding hydrogens is 339 g/mol. The van der Waals surface area contributed by atoms with Crippen LogP contribution >= 0.6 is 11.3 Å². The number of nitrogens with zero attached hydrogens (tertiary/aromatic N) is 1. The number of anilines is 1. The molecule has 1 aromatic heterocycles. The number of nitrogens with one attached hydrogen (secondary N) is 1. The van der Waals surface area contributed by atoms with Crippen molar-refractivity contribution in [3.63, 3.8) is 0 Å². The number of sulfonamides is 1. The zero-order valence-corrected chi connectivity index (χ0v) is 14.0. The average molecular weight is 354 g/mol. The van der Waals surface area contributed by atoms with Crippen molar-refractivity contribution in [2.45, 2.75) is 24.1 Å². The maximum absolute atomic E-state index is 13.4. The molecule has 0 atom stereocenters. The predicted octanol–water partition coefficient (Wildman–Crippen LogP) is 2.27. The fourth-order valence-electron chi connectivity index (χ4n) is 2.48. The van der Waals surface area contributed by atoms with Gasteiger partial charge in [-0.1, -0.05) is 6.07 Å². The number of carbonyl (C=O) groups is 1. The van der Waals surface area contributed by atoms with Crippen molar-refractivity contribution in [1.82, 2.24) is 5.32 Å². The van der Waals surface area contributed by atoms with E-state index >= 15 is 0 Å². The molecule has 1 amide bonds. The molecule has 1 aromatic carbocycles. The van der Waals surface area contributed by atoms with Gasteiger partial charge >= 0.3 is 0 Å². The Kier molecular flexibility index (Phi) is 4.11. The number of hydrogen-bond acceptors (Lipinski definition) is 4. The van der Waals surface area contributed by atoms with Crippen LogP contribution in [0.5, 0.6) is 0 Å². The zero-order valence-electron chi connectivity index (χ0n) is 12.4. The van der Waals surface area contributed by atoms with Gasteiger partial charge in [0.1, 0.15) is 10.0 Å². The molecule has 0 saturated carbocycles. The van der Waals surface area contributed by atoms with E-state index in [4.69, 9.17) is 0 Å². The van der Waals surface area contributed by atoms with Crippen LogP contribution in [0.1, 0.15) is 17.4 Å². The maximum Gasteiger partial charge on any atom is 0.273 e. The van der Waals surface area contributed by atoms with E-state index in [-0.39, 0.29) is 10.1 Å². The largest absolute Gasteiger partial charge is 0.351 e. The topological polar surface area (TPSA) is 66.5 Å². The smallest absolute Gasteiger partial charge is 0.273 e. The molecule has 0 spiro atoms. The van der Waals surface area contributed by atoms with Crippen molar-refractivity contribution >= 4 is 33.0 Å². The number of hydrogen-bond donors (Lipinski definition) is 1. The van der Waals surface area contributed by atoms with E-state index in [1.54, 1.807) is 12.1 Å². The molecule has 23 heavy (non-hydrogen) atoms. The zero-order chi connectivity index (χ0) is 16.6. The van der Waals surface area contributed by atoms with Gasteiger partial charge in [0.2, 0.25) is 5.91 Å². The van der Waals surface area contributed by atoms with Crippen LogP contribution in [0.2, 0.25) is 0 Å². The van der Waals surface area contributed by atoms with Crippen LogP contribution in [-0.4, -0.2) is 20.9 Å². The Bertz CT molecular complexity index is 861. The fraction of sp³-hybridized carbons (Fsp3) is 0.267. The lowest BCUT2D eigenvalue weighted by Crippen LogP contribution is -2.28. The standard InChI is InChI=1S/C15H15FN2O3S2/c1-10(19)17-9-13-4-5-15(22-13)23(20,21)18-7-6-11-2-3-12(16)8-14(11)18/h2-5,8H,6-7,9H2,1H3,(H,17,19). The normalized spacial score (nSPS) is 13.9. The summed E-state index contributed by atoms with van der Waals surface area (Å²) >= 11 is 1.11. The van der Waals surface area contributed by atoms with E-state index in [1.807, 2.05) is 0 Å². The molecule has 0 unspecified atom stereocenters. The van der Waals surface area contributed by atoms with Crippen molar-refractivity contribution in [1.29, 1.82) is 0 Å². The van der Waals surface area contributed by atoms with E-state index in [2.05, 4.69) is 5.32 Å². The molecule has 1 N–H and O–H groups in total. The third kappa shape index (κ3) is 3.09. The molecule has 0 radical (unpaired) electrons. The number of thiophene rings is 1. The minimum Gasteiger partial charge on any atom is -0.351 e. The summed E-state index contributed by atoms with van der Waals surface area (Å²) in [4.78, 5) is 11.7. The highest BCUT2D eigenvalue weighted by molar-refractivity contribution is 7.94. The highest BCUT2D eigenvalue weighted by Gasteiger charge is 2.32. The summed E-state index contributed by atoms with van der Waals surface area (Å²) < 4.78 is 40.5. The first kappa shape index (κ1) is 15.9. The molecule has 0 bridgehead atoms. The summed E-state index contributed by atoms with van der Waals surface area (Å²) in [6.45, 7) is 2.00. The van der Waals surface area contributed by atoms with Crippen LogP contribution in [0.3, 0.4) is 0 Å². The summed E-state index contributed by atoms with van der Waals surface area (Å²) in [7, 11) is -3.71. The quantitative estimate of drug-likeness (QED) is 0.916. The molecule has 0 fully saturated rings. The summed E-state index contributed by atoms with van der Waals surface area (Å²) in [5.41, 5.74) is 1.23. The lowest BCUT2D eigenvalue weighted by Gasteiger charge is -2.18. The van der Waals surface area contributed by atoms with Crippen molar-refractivity contribution in [3.05, 3.63) is 46.6 Å². The van der Waals surface area contributed by atoms with Crippen molar-refractivity contribution in [2.24, 2.45) is 0 Å². The Balaban J connectivity index is 1.89. The molecule has 0 saturated heterocycles. The fourth-order valence-corrected chi connectivity index (χ4v) is 5.39. The number of carbonyl (C=O) groups excluding carboxylic acids is 1. The van der Waals surface area contributed by atoms with Crippen molar-refractivity contribution in [2.75, 3.05) is 10.8 Å². The third-order valence-corrected chi connectivity index (χ3v) is 6.96. The van der Waals surface area contributed by atoms with Crippen LogP contribution in [0.4, 0.5) is 10.1 Å². The van der Waals surface area contributed by atoms with Gasteiger partial charge in [-0.05, 0) is 36.2 Å². The first-order valence-electron chi connectivity index (χ1n) is 7.02. The number of amides is 1. The summed E-state index contributed by atoms with van der Waals surface area (Å²) in [6, 6.07) is 7.42. The van der Waals surface area contributed by atoms with E-state index in [0.29, 0.717) is 25.2 Å². The van der Waals surface area contributed by atoms with Gasteiger partial charge in [0.15, 0.2) is 0 Å². The third-order valence-electron chi connectivity index (χ3n) is 3.59. The van der Waals surface area contributed by atoms with Crippen LogP contribution in [0.25, 0.3) is 0 Å². The second-order valence-electron chi connectivity index (χ2n) is 5.23. The van der Waals surface area contributed by atoms with E-state index < -0.39 is 15.8 Å². The lowest BCUT2D eigenvalue weighted by molar-refractivity contribution is -0.119. The Hall–Kier alpha value is -1.93. The number of rotatable bonds is 4. The molecule has 1 aliphatic rings. The van der Waals surface area contributed by atoms with Gasteiger partial charge in [0.05, 0.1) is 12.2 Å². The monoisotopic (exact) mass is 354 g/mol. The van der Waals surface area contributed by atoms with Gasteiger partial charge in [-0.2, -0.15) is 0 Å². The molecule has 3 rings (SSSR count). The highest BCUT2D eigenvalue weighted by atomic mass is 32.2. The second-order valence-corrected chi connectivity index (χ2v) is 8.49. The average Bonchev–Trinajstić information content (AvgIpc) is 3.11. The van der Waals surface area contributed by atoms with Gasteiger partial charge in [-0.25, -0.2) is 12.8 Å². The first-order chi connectivity index (χ1) is 10.9. The molecule has 2 heterocycles. The van der Waals surface area contributed by atoms with Crippen molar-refractivity contribution < 1.29 is 17.6 Å². The van der Waals surface area contributed by atoms with Crippen LogP contribution in [0.15, 0.2) is 34.5 Å². The van der Waals surface area contributed by atoms with Gasteiger partial charge in [0, 0.05) is 18.3 Å². The number of fused-ring (bicyclic) bond motifs is 1. The first-order valence-corrected chi connectivity index (χ1v) is 9.28. The van der Waals surface area contributed by atoms with E-state index in [0.717, 1.165) is 21.8 Å². The molecule has 2 aromatic rings. The summed E-state index contributed by atoms with van der Waals surface area (Å²) in [5, 5.41) is 2.63. The maximum atomic E-state index is 13.4. The summed E-state index contributed by atoms with van der Waals surface area (Å²) in [5.74, 6) is -0.630. The summed E-state index contributed by atoms with van der Waals surface area (Å²) in [6.07, 6.45) is 0.568. The lowest BCUT2D eigenvalue weighted by atomic mass is 10.2. The molecule has 122 valence electrons. The number of halogens is 1. The second kappa shape index (κ2) is 5.93. The van der Waals surface area contributed by atoms with Crippen LogP contribution < -0.4 is 9.62 Å². The van der Waals surface area contributed by atoms with Gasteiger partial charge in [0.25, 0.3) is 10.0 Å². The van der Waals surface area contributed by atoms with Crippen molar-refractivity contribution in [3.8, 4) is 0 Å². The van der Waals surface area contributed by atoms with Crippen LogP contribution in [-0.2, 0) is 27.8 Å². The van der Waals surface area contributed by atoms with E-state index in [9.17, 15) is 17.6 Å². The Morgan fingerprint density at radius 3 is 2.87 bits per heavy atom. The molecule has 8 heteroatoms. The minimum absolute atomic E-state index is 0.174. The van der Waals surface area contributed by atoms with E-state index in [1.165, 1.54) is 29.4 Å². The molecular formula is C15H15FN2O3S2. The minimum atomic E-state index is -3.71. The predicted molar refractivity (Wildman–Crippen MR) is 86.5 cm³/mol. The SMILES string of the molecule is CC(=O)NCc1ccc(S(=O)(=O)N2CCc3ccc(F)cc32)s1. The Morgan fingerprint density at radius 2 is 2.13 bits per heavy atom.